The fraction of sp³-hybridized carbons (Fsp3) is 0.650. The molecule has 6 heteroatoms. The van der Waals surface area contributed by atoms with Crippen LogP contribution >= 0.6 is 0 Å². The summed E-state index contributed by atoms with van der Waals surface area (Å²) in [6, 6.07) is 4.45. The van der Waals surface area contributed by atoms with E-state index >= 15 is 0 Å². The van der Waals surface area contributed by atoms with E-state index in [0.717, 1.165) is 24.2 Å². The molecule has 0 aliphatic rings. The van der Waals surface area contributed by atoms with Gasteiger partial charge in [-0.1, -0.05) is 71.1 Å². The molecule has 0 fully saturated rings. The van der Waals surface area contributed by atoms with E-state index in [4.69, 9.17) is 4.55 Å². The largest absolute Gasteiger partial charge is 0.342 e. The van der Waals surface area contributed by atoms with Gasteiger partial charge in [0.2, 0.25) is 0 Å². The van der Waals surface area contributed by atoms with Crippen LogP contribution in [0.4, 0.5) is 0 Å². The van der Waals surface area contributed by atoms with E-state index in [1.54, 1.807) is 6.07 Å². The zero-order chi connectivity index (χ0) is 18.8. The van der Waals surface area contributed by atoms with Crippen molar-refractivity contribution in [2.24, 2.45) is 0 Å². The van der Waals surface area contributed by atoms with Gasteiger partial charge >= 0.3 is 0 Å². The number of imidazole rings is 1. The highest BCUT2D eigenvalue weighted by atomic mass is 32.2. The van der Waals surface area contributed by atoms with Crippen LogP contribution in [0.2, 0.25) is 0 Å². The number of aromatic amines is 1. The van der Waals surface area contributed by atoms with Crippen molar-refractivity contribution < 1.29 is 13.0 Å². The molecule has 0 radical (unpaired) electrons. The van der Waals surface area contributed by atoms with Crippen LogP contribution in [0.15, 0.2) is 23.1 Å². The standard InChI is InChI=1S/C20H32N2O3S/c1-2-3-4-5-6-7-8-9-10-11-12-13-20-21-18-15-14-17(26(23,24)25)16-19(18)22-20/h14-16H,2-13H2,1H3,(H,21,22)(H,23,24,25). The zero-order valence-electron chi connectivity index (χ0n) is 15.8. The molecule has 0 saturated heterocycles. The van der Waals surface area contributed by atoms with E-state index in [-0.39, 0.29) is 4.90 Å². The molecule has 0 spiro atoms. The molecule has 0 saturated carbocycles. The molecule has 1 heterocycles. The number of benzene rings is 1. The van der Waals surface area contributed by atoms with Crippen LogP contribution in [0, 0.1) is 0 Å². The van der Waals surface area contributed by atoms with Crippen molar-refractivity contribution in [2.75, 3.05) is 0 Å². The molecule has 2 N–H and O–H groups in total. The van der Waals surface area contributed by atoms with Crippen molar-refractivity contribution in [1.29, 1.82) is 0 Å². The minimum absolute atomic E-state index is 0.113. The van der Waals surface area contributed by atoms with Crippen molar-refractivity contribution in [1.82, 2.24) is 9.97 Å². The first-order chi connectivity index (χ1) is 12.5. The smallest absolute Gasteiger partial charge is 0.294 e. The normalized spacial score (nSPS) is 12.1. The maximum Gasteiger partial charge on any atom is 0.294 e. The summed E-state index contributed by atoms with van der Waals surface area (Å²) in [5, 5.41) is 0. The lowest BCUT2D eigenvalue weighted by Crippen LogP contribution is -1.97. The van der Waals surface area contributed by atoms with Gasteiger partial charge in [0.1, 0.15) is 5.82 Å². The van der Waals surface area contributed by atoms with Gasteiger partial charge < -0.3 is 4.98 Å². The Kier molecular flexibility index (Phi) is 8.59. The summed E-state index contributed by atoms with van der Waals surface area (Å²) < 4.78 is 31.5. The molecular weight excluding hydrogens is 348 g/mol. The fourth-order valence-electron chi connectivity index (χ4n) is 3.27. The van der Waals surface area contributed by atoms with Crippen LogP contribution in [0.3, 0.4) is 0 Å². The minimum atomic E-state index is -4.18. The molecule has 5 nitrogen and oxygen atoms in total. The van der Waals surface area contributed by atoms with Gasteiger partial charge in [-0.05, 0) is 24.6 Å². The number of fused-ring (bicyclic) bond motifs is 1. The highest BCUT2D eigenvalue weighted by Gasteiger charge is 2.11. The predicted molar refractivity (Wildman–Crippen MR) is 106 cm³/mol. The molecule has 2 rings (SSSR count). The lowest BCUT2D eigenvalue weighted by molar-refractivity contribution is 0.483. The first kappa shape index (κ1) is 20.9. The molecule has 1 aromatic heterocycles. The average molecular weight is 381 g/mol. The summed E-state index contributed by atoms with van der Waals surface area (Å²) in [5.74, 6) is 0.878. The van der Waals surface area contributed by atoms with E-state index in [1.807, 2.05) is 0 Å². The molecule has 0 aliphatic carbocycles. The molecule has 1 aromatic carbocycles. The van der Waals surface area contributed by atoms with Crippen LogP contribution in [0.1, 0.15) is 83.4 Å². The lowest BCUT2D eigenvalue weighted by atomic mass is 10.1. The fourth-order valence-corrected chi connectivity index (χ4v) is 3.77. The minimum Gasteiger partial charge on any atom is -0.342 e. The van der Waals surface area contributed by atoms with Crippen molar-refractivity contribution in [3.8, 4) is 0 Å². The van der Waals surface area contributed by atoms with Gasteiger partial charge in [0.05, 0.1) is 15.9 Å². The summed E-state index contributed by atoms with van der Waals surface area (Å²) in [7, 11) is -4.18. The second kappa shape index (κ2) is 10.7. The van der Waals surface area contributed by atoms with Crippen molar-refractivity contribution in [2.45, 2.75) is 88.9 Å². The van der Waals surface area contributed by atoms with Gasteiger partial charge in [0.25, 0.3) is 10.1 Å². The molecule has 0 bridgehead atoms. The van der Waals surface area contributed by atoms with Crippen LogP contribution in [0.25, 0.3) is 11.0 Å². The number of rotatable bonds is 13. The van der Waals surface area contributed by atoms with Crippen LogP contribution < -0.4 is 0 Å². The first-order valence-electron chi connectivity index (χ1n) is 9.97. The van der Waals surface area contributed by atoms with Gasteiger partial charge in [-0.2, -0.15) is 8.42 Å². The Morgan fingerprint density at radius 1 is 0.923 bits per heavy atom. The number of aryl methyl sites for hydroxylation is 1. The molecule has 0 unspecified atom stereocenters. The second-order valence-corrected chi connectivity index (χ2v) is 8.54. The molecule has 2 aromatic rings. The van der Waals surface area contributed by atoms with Gasteiger partial charge in [-0.15, -0.1) is 0 Å². The second-order valence-electron chi connectivity index (χ2n) is 7.12. The third kappa shape index (κ3) is 7.08. The highest BCUT2D eigenvalue weighted by Crippen LogP contribution is 2.18. The third-order valence-electron chi connectivity index (χ3n) is 4.82. The maximum absolute atomic E-state index is 11.2. The Hall–Kier alpha value is -1.40. The summed E-state index contributed by atoms with van der Waals surface area (Å²) >= 11 is 0. The molecular formula is C20H32N2O3S. The van der Waals surface area contributed by atoms with Gasteiger partial charge in [-0.3, -0.25) is 4.55 Å². The summed E-state index contributed by atoms with van der Waals surface area (Å²) in [6.07, 6.45) is 15.3. The summed E-state index contributed by atoms with van der Waals surface area (Å²) in [6.45, 7) is 2.25. The quantitative estimate of drug-likeness (QED) is 0.347. The average Bonchev–Trinajstić information content (AvgIpc) is 3.01. The number of hydrogen-bond acceptors (Lipinski definition) is 3. The van der Waals surface area contributed by atoms with E-state index < -0.39 is 10.1 Å². The van der Waals surface area contributed by atoms with Crippen LogP contribution in [0.5, 0.6) is 0 Å². The van der Waals surface area contributed by atoms with Gasteiger partial charge in [0, 0.05) is 6.42 Å². The van der Waals surface area contributed by atoms with Crippen LogP contribution in [-0.2, 0) is 16.5 Å². The Morgan fingerprint density at radius 2 is 1.50 bits per heavy atom. The Morgan fingerprint density at radius 3 is 2.08 bits per heavy atom. The maximum atomic E-state index is 11.2. The van der Waals surface area contributed by atoms with E-state index in [9.17, 15) is 8.42 Å². The van der Waals surface area contributed by atoms with Crippen molar-refractivity contribution >= 4 is 21.2 Å². The number of H-pyrrole nitrogens is 1. The first-order valence-corrected chi connectivity index (χ1v) is 11.4. The summed E-state index contributed by atoms with van der Waals surface area (Å²) in [4.78, 5) is 7.55. The van der Waals surface area contributed by atoms with E-state index in [2.05, 4.69) is 16.9 Å². The molecule has 26 heavy (non-hydrogen) atoms. The lowest BCUT2D eigenvalue weighted by Gasteiger charge is -2.02. The molecule has 0 aliphatic heterocycles. The number of unbranched alkanes of at least 4 members (excludes halogenated alkanes) is 10. The highest BCUT2D eigenvalue weighted by molar-refractivity contribution is 7.85. The van der Waals surface area contributed by atoms with Crippen molar-refractivity contribution in [3.05, 3.63) is 24.0 Å². The topological polar surface area (TPSA) is 83.1 Å². The molecule has 0 atom stereocenters. The number of hydrogen-bond donors (Lipinski definition) is 2. The van der Waals surface area contributed by atoms with Gasteiger partial charge in [0.15, 0.2) is 0 Å². The third-order valence-corrected chi connectivity index (χ3v) is 5.67. The Balaban J connectivity index is 1.63. The number of nitrogens with zero attached hydrogens (tertiary/aromatic N) is 1. The Labute approximate surface area is 157 Å². The molecule has 146 valence electrons. The number of nitrogens with one attached hydrogen (secondary N) is 1. The SMILES string of the molecule is CCCCCCCCCCCCCc1nc2cc(S(=O)(=O)O)ccc2[nH]1. The number of aromatic nitrogens is 2. The van der Waals surface area contributed by atoms with Crippen LogP contribution in [-0.4, -0.2) is 22.9 Å². The summed E-state index contributed by atoms with van der Waals surface area (Å²) in [5.41, 5.74) is 1.38. The molecule has 0 amide bonds. The van der Waals surface area contributed by atoms with E-state index in [0.29, 0.717) is 5.52 Å². The predicted octanol–water partition coefficient (Wildman–Crippen LogP) is 5.66. The zero-order valence-corrected chi connectivity index (χ0v) is 16.7. The Bertz CT molecular complexity index is 768. The van der Waals surface area contributed by atoms with Crippen molar-refractivity contribution in [3.63, 3.8) is 0 Å². The van der Waals surface area contributed by atoms with E-state index in [1.165, 1.54) is 76.3 Å². The van der Waals surface area contributed by atoms with Gasteiger partial charge in [-0.25, -0.2) is 4.98 Å². The monoisotopic (exact) mass is 380 g/mol.